The van der Waals surface area contributed by atoms with Crippen molar-refractivity contribution in [3.63, 3.8) is 0 Å². The summed E-state index contributed by atoms with van der Waals surface area (Å²) in [5.74, 6) is -0.677. The van der Waals surface area contributed by atoms with Gasteiger partial charge in [0, 0.05) is 31.3 Å². The molecule has 1 aromatic carbocycles. The number of primary amides is 1. The number of carbonyl (C=O) groups is 1. The van der Waals surface area contributed by atoms with E-state index in [0.29, 0.717) is 5.69 Å². The lowest BCUT2D eigenvalue weighted by molar-refractivity contribution is -0.387. The minimum atomic E-state index is -4.15. The minimum Gasteiger partial charge on any atom is -0.388 e. The maximum Gasteiger partial charge on any atom is 0.289 e. The number of hydrogen-bond donors (Lipinski definition) is 3. The molecule has 0 fully saturated rings. The average molecular weight is 316 g/mol. The smallest absolute Gasteiger partial charge is 0.289 e. The Kier molecular flexibility index (Phi) is 5.22. The molecule has 10 heteroatoms. The molecule has 116 valence electrons. The molecule has 0 aromatic heterocycles. The van der Waals surface area contributed by atoms with Crippen LogP contribution >= 0.6 is 0 Å². The van der Waals surface area contributed by atoms with E-state index in [1.165, 1.54) is 13.0 Å². The predicted molar refractivity (Wildman–Crippen MR) is 76.2 cm³/mol. The average Bonchev–Trinajstić information content (AvgIpc) is 2.36. The number of sulfonamides is 1. The lowest BCUT2D eigenvalue weighted by Crippen LogP contribution is -2.36. The number of nitro groups is 1. The second kappa shape index (κ2) is 6.50. The molecule has 4 N–H and O–H groups in total. The normalized spacial score (nSPS) is 12.7. The van der Waals surface area contributed by atoms with E-state index in [0.717, 1.165) is 12.1 Å². The van der Waals surface area contributed by atoms with E-state index in [2.05, 4.69) is 10.0 Å². The van der Waals surface area contributed by atoms with Gasteiger partial charge in [0.05, 0.1) is 4.92 Å². The SMILES string of the molecule is CNc1ccc([N+](=O)[O-])c(S(=O)(=O)NC(C)CC(N)=O)c1. The number of nitrogens with one attached hydrogen (secondary N) is 2. The molecule has 0 saturated carbocycles. The monoisotopic (exact) mass is 316 g/mol. The first-order valence-corrected chi connectivity index (χ1v) is 7.42. The predicted octanol–water partition coefficient (Wildman–Crippen LogP) is 0.179. The molecule has 1 rings (SSSR count). The van der Waals surface area contributed by atoms with Gasteiger partial charge >= 0.3 is 0 Å². The zero-order chi connectivity index (χ0) is 16.2. The Morgan fingerprint density at radius 2 is 2.10 bits per heavy atom. The second-order valence-corrected chi connectivity index (χ2v) is 6.06. The van der Waals surface area contributed by atoms with Crippen molar-refractivity contribution >= 4 is 27.3 Å². The number of nitro benzene ring substituents is 1. The summed E-state index contributed by atoms with van der Waals surface area (Å²) in [7, 11) is -2.60. The van der Waals surface area contributed by atoms with Gasteiger partial charge in [-0.1, -0.05) is 0 Å². The van der Waals surface area contributed by atoms with Crippen molar-refractivity contribution in [3.8, 4) is 0 Å². The molecule has 1 atom stereocenters. The van der Waals surface area contributed by atoms with Crippen LogP contribution in [0.3, 0.4) is 0 Å². The summed E-state index contributed by atoms with van der Waals surface area (Å²) in [5.41, 5.74) is 4.84. The van der Waals surface area contributed by atoms with Crippen molar-refractivity contribution in [1.29, 1.82) is 0 Å². The molecular formula is C11H16N4O5S. The molecule has 1 unspecified atom stereocenters. The highest BCUT2D eigenvalue weighted by Crippen LogP contribution is 2.27. The first kappa shape index (κ1) is 16.9. The van der Waals surface area contributed by atoms with Crippen molar-refractivity contribution in [2.45, 2.75) is 24.3 Å². The maximum absolute atomic E-state index is 12.2. The van der Waals surface area contributed by atoms with Gasteiger partial charge in [-0.25, -0.2) is 13.1 Å². The van der Waals surface area contributed by atoms with Gasteiger partial charge in [0.25, 0.3) is 5.69 Å². The van der Waals surface area contributed by atoms with E-state index in [1.807, 2.05) is 0 Å². The van der Waals surface area contributed by atoms with Crippen LogP contribution in [0.15, 0.2) is 23.1 Å². The number of carbonyl (C=O) groups excluding carboxylic acids is 1. The van der Waals surface area contributed by atoms with Crippen LogP contribution in [0.1, 0.15) is 13.3 Å². The molecular weight excluding hydrogens is 300 g/mol. The lowest BCUT2D eigenvalue weighted by Gasteiger charge is -2.13. The standard InChI is InChI=1S/C11H16N4O5S/c1-7(5-11(12)16)14-21(19,20)10-6-8(13-2)3-4-9(10)15(17)18/h3-4,6-7,13-14H,5H2,1-2H3,(H2,12,16). The van der Waals surface area contributed by atoms with Crippen molar-refractivity contribution < 1.29 is 18.1 Å². The Bertz CT molecular complexity index is 659. The fourth-order valence-electron chi connectivity index (χ4n) is 1.71. The first-order chi connectivity index (χ1) is 9.67. The van der Waals surface area contributed by atoms with E-state index in [4.69, 9.17) is 5.73 Å². The minimum absolute atomic E-state index is 0.210. The second-order valence-electron chi connectivity index (χ2n) is 4.38. The quantitative estimate of drug-likeness (QED) is 0.483. The van der Waals surface area contributed by atoms with Crippen LogP contribution in [-0.2, 0) is 14.8 Å². The van der Waals surface area contributed by atoms with Gasteiger partial charge in [0.15, 0.2) is 4.90 Å². The molecule has 0 heterocycles. The number of benzene rings is 1. The van der Waals surface area contributed by atoms with Crippen LogP contribution in [0.5, 0.6) is 0 Å². The highest BCUT2D eigenvalue weighted by Gasteiger charge is 2.27. The molecule has 1 aromatic rings. The number of hydrogen-bond acceptors (Lipinski definition) is 6. The Morgan fingerprint density at radius 3 is 2.57 bits per heavy atom. The fourth-order valence-corrected chi connectivity index (χ4v) is 3.15. The maximum atomic E-state index is 12.2. The van der Waals surface area contributed by atoms with Crippen molar-refractivity contribution in [3.05, 3.63) is 28.3 Å². The Morgan fingerprint density at radius 1 is 1.48 bits per heavy atom. The van der Waals surface area contributed by atoms with Crippen molar-refractivity contribution in [1.82, 2.24) is 4.72 Å². The topological polar surface area (TPSA) is 144 Å². The molecule has 1 amide bonds. The zero-order valence-corrected chi connectivity index (χ0v) is 12.3. The van der Waals surface area contributed by atoms with Crippen LogP contribution in [0.4, 0.5) is 11.4 Å². The van der Waals surface area contributed by atoms with Crippen molar-refractivity contribution in [2.24, 2.45) is 5.73 Å². The summed E-state index contributed by atoms with van der Waals surface area (Å²) in [6.07, 6.45) is -0.210. The third-order valence-electron chi connectivity index (χ3n) is 2.60. The summed E-state index contributed by atoms with van der Waals surface area (Å²) in [6.45, 7) is 1.44. The molecule has 0 radical (unpaired) electrons. The van der Waals surface area contributed by atoms with Gasteiger partial charge in [0.2, 0.25) is 15.9 Å². The first-order valence-electron chi connectivity index (χ1n) is 5.94. The third kappa shape index (κ3) is 4.39. The summed E-state index contributed by atoms with van der Waals surface area (Å²) >= 11 is 0. The van der Waals surface area contributed by atoms with Crippen LogP contribution in [-0.4, -0.2) is 32.3 Å². The fraction of sp³-hybridized carbons (Fsp3) is 0.364. The van der Waals surface area contributed by atoms with Crippen molar-refractivity contribution in [2.75, 3.05) is 12.4 Å². The molecule has 9 nitrogen and oxygen atoms in total. The van der Waals surface area contributed by atoms with Gasteiger partial charge in [-0.15, -0.1) is 0 Å². The Labute approximate surface area is 121 Å². The zero-order valence-electron chi connectivity index (χ0n) is 11.5. The van der Waals surface area contributed by atoms with Crippen LogP contribution in [0.2, 0.25) is 0 Å². The van der Waals surface area contributed by atoms with Gasteiger partial charge in [-0.3, -0.25) is 14.9 Å². The Hall–Kier alpha value is -2.20. The number of nitrogens with two attached hydrogens (primary N) is 1. The summed E-state index contributed by atoms with van der Waals surface area (Å²) < 4.78 is 26.6. The number of amides is 1. The molecule has 0 aliphatic rings. The van der Waals surface area contributed by atoms with Gasteiger partial charge < -0.3 is 11.1 Å². The molecule has 0 aliphatic carbocycles. The number of anilines is 1. The van der Waals surface area contributed by atoms with Gasteiger partial charge in [0.1, 0.15) is 0 Å². The van der Waals surface area contributed by atoms with Crippen LogP contribution < -0.4 is 15.8 Å². The highest BCUT2D eigenvalue weighted by molar-refractivity contribution is 7.89. The van der Waals surface area contributed by atoms with E-state index in [1.54, 1.807) is 7.05 Å². The van der Waals surface area contributed by atoms with Crippen LogP contribution in [0.25, 0.3) is 0 Å². The van der Waals surface area contributed by atoms with E-state index < -0.39 is 37.5 Å². The summed E-state index contributed by atoms with van der Waals surface area (Å²) in [6, 6.07) is 2.87. The molecule has 0 bridgehead atoms. The lowest BCUT2D eigenvalue weighted by atomic mass is 10.2. The molecule has 0 saturated heterocycles. The Balaban J connectivity index is 3.22. The molecule has 21 heavy (non-hydrogen) atoms. The number of rotatable bonds is 7. The molecule has 0 spiro atoms. The van der Waals surface area contributed by atoms with Gasteiger partial charge in [-0.05, 0) is 19.1 Å². The number of nitrogens with zero attached hydrogens (tertiary/aromatic N) is 1. The van der Waals surface area contributed by atoms with E-state index >= 15 is 0 Å². The van der Waals surface area contributed by atoms with Crippen LogP contribution in [0, 0.1) is 10.1 Å². The summed E-state index contributed by atoms with van der Waals surface area (Å²) in [5, 5.41) is 13.7. The van der Waals surface area contributed by atoms with E-state index in [9.17, 15) is 23.3 Å². The summed E-state index contributed by atoms with van der Waals surface area (Å²) in [4.78, 5) is 20.5. The molecule has 0 aliphatic heterocycles. The third-order valence-corrected chi connectivity index (χ3v) is 4.22. The van der Waals surface area contributed by atoms with E-state index in [-0.39, 0.29) is 6.42 Å². The highest BCUT2D eigenvalue weighted by atomic mass is 32.2. The largest absolute Gasteiger partial charge is 0.388 e. The van der Waals surface area contributed by atoms with Gasteiger partial charge in [-0.2, -0.15) is 0 Å².